The van der Waals surface area contributed by atoms with Gasteiger partial charge in [-0.05, 0) is 18.2 Å². The van der Waals surface area contributed by atoms with Crippen LogP contribution in [0.25, 0.3) is 0 Å². The van der Waals surface area contributed by atoms with E-state index in [1.54, 1.807) is 12.1 Å². The van der Waals surface area contributed by atoms with E-state index in [1.165, 1.54) is 30.6 Å². The monoisotopic (exact) mass is 254 g/mol. The third-order valence-electron chi connectivity index (χ3n) is 1.86. The van der Waals surface area contributed by atoms with Gasteiger partial charge in [-0.15, -0.1) is 13.2 Å². The summed E-state index contributed by atoms with van der Waals surface area (Å²) in [5, 5.41) is 0. The summed E-state index contributed by atoms with van der Waals surface area (Å²) in [5.74, 6) is -0.291. The number of rotatable bonds is 3. The van der Waals surface area contributed by atoms with E-state index in [9.17, 15) is 13.2 Å². The molecule has 1 radical (unpaired) electrons. The molecule has 0 spiro atoms. The summed E-state index contributed by atoms with van der Waals surface area (Å²) in [5.41, 5.74) is 0. The molecule has 0 fully saturated rings. The quantitative estimate of drug-likeness (QED) is 0.839. The van der Waals surface area contributed by atoms with Gasteiger partial charge in [0.1, 0.15) is 5.75 Å². The first-order chi connectivity index (χ1) is 8.54. The van der Waals surface area contributed by atoms with Crippen molar-refractivity contribution in [3.8, 4) is 17.2 Å². The maximum Gasteiger partial charge on any atom is 0.573 e. The van der Waals surface area contributed by atoms with Crippen molar-refractivity contribution in [1.29, 1.82) is 0 Å². The molecule has 0 amide bonds. The zero-order valence-corrected chi connectivity index (χ0v) is 8.94. The van der Waals surface area contributed by atoms with Gasteiger partial charge in [-0.25, -0.2) is 0 Å². The Balaban J connectivity index is 2.23. The van der Waals surface area contributed by atoms with Crippen molar-refractivity contribution in [2.75, 3.05) is 0 Å². The fraction of sp³-hybridized carbons (Fsp3) is 0.0833. The molecule has 0 aliphatic rings. The van der Waals surface area contributed by atoms with E-state index in [0.717, 1.165) is 0 Å². The number of benzene rings is 1. The maximum atomic E-state index is 12.2. The number of hydrogen-bond donors (Lipinski definition) is 0. The molecule has 18 heavy (non-hydrogen) atoms. The summed E-state index contributed by atoms with van der Waals surface area (Å²) in [6.45, 7) is 0. The molecular formula is C12H7F3NO2. The largest absolute Gasteiger partial charge is 0.573 e. The Morgan fingerprint density at radius 2 is 2.00 bits per heavy atom. The van der Waals surface area contributed by atoms with Crippen molar-refractivity contribution in [2.45, 2.75) is 6.36 Å². The molecule has 1 aromatic carbocycles. The minimum Gasteiger partial charge on any atom is -0.452 e. The molecule has 2 rings (SSSR count). The van der Waals surface area contributed by atoms with E-state index in [2.05, 4.69) is 15.8 Å². The highest BCUT2D eigenvalue weighted by molar-refractivity contribution is 5.41. The second kappa shape index (κ2) is 4.95. The van der Waals surface area contributed by atoms with E-state index in [-0.39, 0.29) is 5.75 Å². The minimum absolute atomic E-state index is 0.0807. The van der Waals surface area contributed by atoms with Crippen LogP contribution in [-0.2, 0) is 0 Å². The van der Waals surface area contributed by atoms with Crippen LogP contribution in [-0.4, -0.2) is 11.3 Å². The average Bonchev–Trinajstić information content (AvgIpc) is 2.31. The Hall–Kier alpha value is -2.24. The van der Waals surface area contributed by atoms with Gasteiger partial charge in [-0.3, -0.25) is 4.98 Å². The molecule has 0 saturated heterocycles. The predicted molar refractivity (Wildman–Crippen MR) is 56.3 cm³/mol. The van der Waals surface area contributed by atoms with Crippen LogP contribution in [0.5, 0.6) is 17.2 Å². The standard InChI is InChI=1S/C12H7F3NO2/c13-12(14,15)18-11-6-2-1-5-10(11)17-9-4-3-7-16-8-9/h1-5,7-8H. The van der Waals surface area contributed by atoms with E-state index >= 15 is 0 Å². The number of alkyl halides is 3. The second-order valence-corrected chi connectivity index (χ2v) is 3.20. The van der Waals surface area contributed by atoms with Crippen molar-refractivity contribution in [1.82, 2.24) is 4.98 Å². The van der Waals surface area contributed by atoms with Crippen molar-refractivity contribution in [3.05, 3.63) is 48.8 Å². The van der Waals surface area contributed by atoms with Crippen LogP contribution < -0.4 is 9.47 Å². The van der Waals surface area contributed by atoms with Crippen molar-refractivity contribution >= 4 is 0 Å². The Kier molecular flexibility index (Phi) is 3.36. The van der Waals surface area contributed by atoms with Gasteiger partial charge < -0.3 is 9.47 Å². The Morgan fingerprint density at radius 1 is 1.17 bits per heavy atom. The highest BCUT2D eigenvalue weighted by Gasteiger charge is 2.32. The lowest BCUT2D eigenvalue weighted by atomic mass is 10.3. The first-order valence-corrected chi connectivity index (χ1v) is 4.89. The molecule has 0 aliphatic carbocycles. The van der Waals surface area contributed by atoms with Gasteiger partial charge in [0.15, 0.2) is 11.5 Å². The molecule has 0 atom stereocenters. The number of para-hydroxylation sites is 1. The van der Waals surface area contributed by atoms with Crippen LogP contribution in [0.4, 0.5) is 13.2 Å². The smallest absolute Gasteiger partial charge is 0.452 e. The lowest BCUT2D eigenvalue weighted by Crippen LogP contribution is -2.17. The third kappa shape index (κ3) is 3.38. The summed E-state index contributed by atoms with van der Waals surface area (Å²) in [7, 11) is 0. The Labute approximate surface area is 101 Å². The molecule has 1 aromatic heterocycles. The van der Waals surface area contributed by atoms with Gasteiger partial charge in [0.25, 0.3) is 0 Å². The molecule has 93 valence electrons. The fourth-order valence-electron chi connectivity index (χ4n) is 1.22. The highest BCUT2D eigenvalue weighted by Crippen LogP contribution is 2.34. The molecule has 0 saturated carbocycles. The van der Waals surface area contributed by atoms with Crippen LogP contribution in [0, 0.1) is 6.07 Å². The van der Waals surface area contributed by atoms with Gasteiger partial charge in [-0.2, -0.15) is 0 Å². The molecule has 3 nitrogen and oxygen atoms in total. The van der Waals surface area contributed by atoms with Gasteiger partial charge in [-0.1, -0.05) is 12.1 Å². The van der Waals surface area contributed by atoms with E-state index in [4.69, 9.17) is 4.74 Å². The first-order valence-electron chi connectivity index (χ1n) is 4.89. The molecule has 0 bridgehead atoms. The van der Waals surface area contributed by atoms with E-state index in [1.807, 2.05) is 0 Å². The summed E-state index contributed by atoms with van der Waals surface area (Å²) in [4.78, 5) is 3.79. The van der Waals surface area contributed by atoms with Crippen LogP contribution in [0.3, 0.4) is 0 Å². The topological polar surface area (TPSA) is 31.4 Å². The fourth-order valence-corrected chi connectivity index (χ4v) is 1.22. The van der Waals surface area contributed by atoms with Crippen LogP contribution in [0.15, 0.2) is 42.7 Å². The molecule has 1 heterocycles. The molecule has 6 heteroatoms. The number of ether oxygens (including phenoxy) is 2. The highest BCUT2D eigenvalue weighted by atomic mass is 19.4. The van der Waals surface area contributed by atoms with Crippen molar-refractivity contribution in [3.63, 3.8) is 0 Å². The number of halogens is 3. The van der Waals surface area contributed by atoms with Crippen molar-refractivity contribution in [2.24, 2.45) is 0 Å². The van der Waals surface area contributed by atoms with Gasteiger partial charge in [0.05, 0.1) is 6.20 Å². The molecule has 0 aliphatic heterocycles. The molecular weight excluding hydrogens is 247 g/mol. The zero-order chi connectivity index (χ0) is 13.0. The Morgan fingerprint density at radius 3 is 2.67 bits per heavy atom. The van der Waals surface area contributed by atoms with E-state index < -0.39 is 12.1 Å². The number of hydrogen-bond acceptors (Lipinski definition) is 3. The minimum atomic E-state index is -4.79. The Bertz CT molecular complexity index is 514. The van der Waals surface area contributed by atoms with Crippen LogP contribution in [0.1, 0.15) is 0 Å². The lowest BCUT2D eigenvalue weighted by Gasteiger charge is -2.12. The molecule has 0 N–H and O–H groups in total. The van der Waals surface area contributed by atoms with E-state index in [0.29, 0.717) is 5.75 Å². The van der Waals surface area contributed by atoms with Crippen LogP contribution in [0.2, 0.25) is 0 Å². The normalized spacial score (nSPS) is 11.1. The van der Waals surface area contributed by atoms with Gasteiger partial charge in [0.2, 0.25) is 0 Å². The number of nitrogens with zero attached hydrogens (tertiary/aromatic N) is 1. The maximum absolute atomic E-state index is 12.2. The number of aromatic nitrogens is 1. The second-order valence-electron chi connectivity index (χ2n) is 3.20. The number of pyridine rings is 1. The van der Waals surface area contributed by atoms with Gasteiger partial charge in [0, 0.05) is 12.3 Å². The zero-order valence-electron chi connectivity index (χ0n) is 8.94. The molecule has 2 aromatic rings. The summed E-state index contributed by atoms with van der Waals surface area (Å²) in [6.07, 6.45) is -1.88. The SMILES string of the molecule is FC(F)(F)Oc1[c]cccc1Oc1cccnc1. The van der Waals surface area contributed by atoms with Gasteiger partial charge >= 0.3 is 6.36 Å². The third-order valence-corrected chi connectivity index (χ3v) is 1.86. The van der Waals surface area contributed by atoms with Crippen LogP contribution >= 0.6 is 0 Å². The summed E-state index contributed by atoms with van der Waals surface area (Å²) >= 11 is 0. The lowest BCUT2D eigenvalue weighted by molar-refractivity contribution is -0.275. The summed E-state index contributed by atoms with van der Waals surface area (Å²) < 4.78 is 45.5. The average molecular weight is 254 g/mol. The predicted octanol–water partition coefficient (Wildman–Crippen LogP) is 3.57. The first kappa shape index (κ1) is 12.2. The molecule has 0 unspecified atom stereocenters. The summed E-state index contributed by atoms with van der Waals surface area (Å²) in [6, 6.07) is 9.65. The van der Waals surface area contributed by atoms with Crippen molar-refractivity contribution < 1.29 is 22.6 Å².